The molecule has 0 atom stereocenters. The van der Waals surface area contributed by atoms with E-state index in [0.29, 0.717) is 0 Å². The summed E-state index contributed by atoms with van der Waals surface area (Å²) in [6.45, 7) is 0. The molecular weight excluding hydrogens is 523 g/mol. The van der Waals surface area contributed by atoms with Gasteiger partial charge in [0.05, 0.1) is 0 Å². The molecule has 0 N–H and O–H groups in total. The fourth-order valence-electron chi connectivity index (χ4n) is 5.08. The van der Waals surface area contributed by atoms with Gasteiger partial charge in [-0.2, -0.15) is 0 Å². The van der Waals surface area contributed by atoms with Crippen molar-refractivity contribution in [2.75, 3.05) is 0 Å². The van der Waals surface area contributed by atoms with Crippen molar-refractivity contribution in [3.8, 4) is 0 Å². The van der Waals surface area contributed by atoms with Gasteiger partial charge in [0.2, 0.25) is 0 Å². The molecule has 0 unspecified atom stereocenters. The van der Waals surface area contributed by atoms with Crippen LogP contribution in [0.2, 0.25) is 0 Å². The Morgan fingerprint density at radius 1 is 0.281 bits per heavy atom. The predicted molar refractivity (Wildman–Crippen MR) is 142 cm³/mol. The maximum absolute atomic E-state index is 8.87. The van der Waals surface area contributed by atoms with Gasteiger partial charge in [-0.3, -0.25) is 0 Å². The third kappa shape index (κ3) is 2.45. The fraction of sp³-hybridized carbons (Fsp3) is 0. The van der Waals surface area contributed by atoms with Crippen LogP contribution in [0.3, 0.4) is 0 Å². The molecule has 0 saturated carbocycles. The second-order valence-corrected chi connectivity index (χ2v) is 27.9. The Morgan fingerprint density at radius 2 is 0.438 bits per heavy atom. The Kier molecular flexibility index (Phi) is 5.03. The summed E-state index contributed by atoms with van der Waals surface area (Å²) in [5.74, 6) is 0. The molecule has 158 valence electrons. The van der Waals surface area contributed by atoms with Crippen molar-refractivity contribution in [1.82, 2.24) is 0 Å². The topological polar surface area (TPSA) is 0 Å². The zero-order valence-corrected chi connectivity index (χ0v) is 20.8. The van der Waals surface area contributed by atoms with Crippen LogP contribution in [-0.4, -0.2) is 14.3 Å². The third-order valence-corrected chi connectivity index (χ3v) is 32.4. The van der Waals surface area contributed by atoms with E-state index in [9.17, 15) is 0 Å². The summed E-state index contributed by atoms with van der Waals surface area (Å²) < 4.78 is 5.79. The van der Waals surface area contributed by atoms with Gasteiger partial charge in [0.1, 0.15) is 0 Å². The Morgan fingerprint density at radius 3 is 0.594 bits per heavy atom. The van der Waals surface area contributed by atoms with E-state index >= 15 is 0 Å². The molecule has 0 saturated heterocycles. The van der Waals surface area contributed by atoms with Crippen molar-refractivity contribution in [1.29, 1.82) is 0 Å². The number of rotatable bonds is 5. The van der Waals surface area contributed by atoms with E-state index in [4.69, 9.17) is 8.96 Å². The van der Waals surface area contributed by atoms with Gasteiger partial charge in [-0.25, -0.2) is 0 Å². The van der Waals surface area contributed by atoms with Crippen molar-refractivity contribution in [3.05, 3.63) is 152 Å². The second-order valence-electron chi connectivity index (χ2n) is 7.97. The number of hydrogen-bond donors (Lipinski definition) is 0. The fourth-order valence-corrected chi connectivity index (χ4v) is 27.8. The van der Waals surface area contributed by atoms with Crippen LogP contribution in [0.15, 0.2) is 152 Å². The van der Waals surface area contributed by atoms with E-state index in [1.807, 2.05) is 0 Å². The van der Waals surface area contributed by atoms with Crippen LogP contribution in [0.1, 0.15) is 0 Å². The van der Waals surface area contributed by atoms with Crippen molar-refractivity contribution in [2.24, 2.45) is 0 Å². The summed E-state index contributed by atoms with van der Waals surface area (Å²) in [7, 11) is 8.87. The average Bonchev–Trinajstić information content (AvgIpc) is 2.91. The van der Waals surface area contributed by atoms with Crippen molar-refractivity contribution >= 4 is 41.3 Å². The Labute approximate surface area is 192 Å². The van der Waals surface area contributed by atoms with Gasteiger partial charge in [-0.15, -0.1) is 0 Å². The Bertz CT molecular complexity index is 1080. The van der Waals surface area contributed by atoms with E-state index in [0.717, 1.165) is 18.1 Å². The van der Waals surface area contributed by atoms with Crippen molar-refractivity contribution < 1.29 is 0 Å². The van der Waals surface area contributed by atoms with Crippen LogP contribution in [0, 0.1) is 0 Å². The SMILES string of the molecule is Cl[Te](c1ccccc1)(c1ccccc1)(c1ccccc1)(c1ccccc1)c1ccccc1. The van der Waals surface area contributed by atoms with E-state index in [-0.39, 0.29) is 0 Å². The molecule has 0 fully saturated rings. The van der Waals surface area contributed by atoms with Crippen LogP contribution in [-0.2, 0) is 0 Å². The summed E-state index contributed by atoms with van der Waals surface area (Å²) in [5, 5.41) is 0. The van der Waals surface area contributed by atoms with Gasteiger partial charge in [0, 0.05) is 0 Å². The van der Waals surface area contributed by atoms with Gasteiger partial charge in [0.25, 0.3) is 0 Å². The zero-order valence-electron chi connectivity index (χ0n) is 17.7. The summed E-state index contributed by atoms with van der Waals surface area (Å²) in [5.41, 5.74) is 0. The standard InChI is InChI=1S/C30H25ClTe/c31-32(26-16-6-1-7-17-26,27-18-8-2-9-19-27,28-20-10-3-11-21-28,29-22-12-4-13-23-29)30-24-14-5-15-25-30/h1-25H. The van der Waals surface area contributed by atoms with Gasteiger partial charge >= 0.3 is 193 Å². The quantitative estimate of drug-likeness (QED) is 0.282. The van der Waals surface area contributed by atoms with E-state index < -0.39 is 14.3 Å². The summed E-state index contributed by atoms with van der Waals surface area (Å²) in [4.78, 5) is 0. The van der Waals surface area contributed by atoms with Crippen LogP contribution in [0.25, 0.3) is 0 Å². The van der Waals surface area contributed by atoms with E-state index in [2.05, 4.69) is 152 Å². The van der Waals surface area contributed by atoms with Crippen LogP contribution in [0.5, 0.6) is 0 Å². The number of halogens is 1. The minimum absolute atomic E-state index is 1.16. The summed E-state index contributed by atoms with van der Waals surface area (Å²) in [6, 6.07) is 53.6. The molecule has 0 bridgehead atoms. The predicted octanol–water partition coefficient (Wildman–Crippen LogP) is 4.61. The molecule has 0 amide bonds. The summed E-state index contributed by atoms with van der Waals surface area (Å²) >= 11 is -5.53. The third-order valence-electron chi connectivity index (χ3n) is 6.52. The average molecular weight is 549 g/mol. The molecule has 0 spiro atoms. The van der Waals surface area contributed by atoms with Gasteiger partial charge < -0.3 is 0 Å². The number of benzene rings is 5. The zero-order chi connectivity index (χ0) is 22.0. The molecule has 0 aliphatic rings. The molecule has 32 heavy (non-hydrogen) atoms. The van der Waals surface area contributed by atoms with Gasteiger partial charge in [-0.05, 0) is 0 Å². The molecule has 5 aromatic rings. The van der Waals surface area contributed by atoms with Gasteiger partial charge in [0.15, 0.2) is 0 Å². The second kappa shape index (κ2) is 7.65. The van der Waals surface area contributed by atoms with Crippen LogP contribution in [0.4, 0.5) is 0 Å². The molecule has 0 heterocycles. The van der Waals surface area contributed by atoms with Crippen molar-refractivity contribution in [3.63, 3.8) is 0 Å². The van der Waals surface area contributed by atoms with E-state index in [1.165, 1.54) is 0 Å². The Hall–Kier alpha value is -2.82. The van der Waals surface area contributed by atoms with Crippen LogP contribution < -0.4 is 18.1 Å². The van der Waals surface area contributed by atoms with Crippen molar-refractivity contribution in [2.45, 2.75) is 0 Å². The molecule has 0 aliphatic carbocycles. The molecule has 0 radical (unpaired) electrons. The molecule has 5 aromatic carbocycles. The van der Waals surface area contributed by atoms with Crippen LogP contribution >= 0.6 is 8.96 Å². The molecule has 2 heteroatoms. The monoisotopic (exact) mass is 550 g/mol. The Balaban J connectivity index is 2.23. The first kappa shape index (κ1) is 21.0. The minimum atomic E-state index is -5.53. The first-order valence-electron chi connectivity index (χ1n) is 10.7. The normalized spacial score (nSPS) is 13.7. The molecule has 0 aliphatic heterocycles. The molecule has 0 aromatic heterocycles. The first-order chi connectivity index (χ1) is 15.7. The van der Waals surface area contributed by atoms with Gasteiger partial charge in [-0.1, -0.05) is 0 Å². The molecule has 5 rings (SSSR count). The number of hydrogen-bond acceptors (Lipinski definition) is 0. The van der Waals surface area contributed by atoms with E-state index in [1.54, 1.807) is 0 Å². The molecule has 0 nitrogen and oxygen atoms in total. The summed E-state index contributed by atoms with van der Waals surface area (Å²) in [6.07, 6.45) is 0. The maximum atomic E-state index is 8.87. The first-order valence-corrected chi connectivity index (χ1v) is 19.5. The molecular formula is C30H25ClTe.